The van der Waals surface area contributed by atoms with Crippen LogP contribution in [0.4, 0.5) is 0 Å². The summed E-state index contributed by atoms with van der Waals surface area (Å²) < 4.78 is 10.6. The van der Waals surface area contributed by atoms with Gasteiger partial charge in [-0.05, 0) is 11.6 Å². The van der Waals surface area contributed by atoms with Gasteiger partial charge in [-0.3, -0.25) is 4.79 Å². The molecule has 0 saturated heterocycles. The number of esters is 1. The molecule has 3 nitrogen and oxygen atoms in total. The number of methoxy groups -OCH3 is 2. The molecule has 1 aromatic carbocycles. The Hall–Kier alpha value is -0.870. The summed E-state index contributed by atoms with van der Waals surface area (Å²) in [5.41, 5.74) is 0.881. The summed E-state index contributed by atoms with van der Waals surface area (Å²) >= 11 is 3.40. The van der Waals surface area contributed by atoms with Crippen molar-refractivity contribution in [3.05, 3.63) is 34.3 Å². The van der Waals surface area contributed by atoms with Crippen LogP contribution in [0.2, 0.25) is 0 Å². The Morgan fingerprint density at radius 2 is 2.07 bits per heavy atom. The first-order valence-corrected chi connectivity index (χ1v) is 5.31. The van der Waals surface area contributed by atoms with E-state index in [1.165, 1.54) is 7.11 Å². The maximum atomic E-state index is 11.5. The average molecular weight is 273 g/mol. The number of rotatable bonds is 4. The Labute approximate surface area is 97.5 Å². The third-order valence-electron chi connectivity index (χ3n) is 2.10. The van der Waals surface area contributed by atoms with Crippen molar-refractivity contribution in [3.63, 3.8) is 0 Å². The largest absolute Gasteiger partial charge is 0.468 e. The minimum absolute atomic E-state index is 0.288. The summed E-state index contributed by atoms with van der Waals surface area (Å²) in [4.78, 5) is 11.5. The molecule has 0 aromatic heterocycles. The fourth-order valence-corrected chi connectivity index (χ4v) is 1.91. The van der Waals surface area contributed by atoms with Crippen molar-refractivity contribution in [2.75, 3.05) is 20.8 Å². The molecule has 0 heterocycles. The van der Waals surface area contributed by atoms with Gasteiger partial charge in [-0.15, -0.1) is 0 Å². The maximum Gasteiger partial charge on any atom is 0.315 e. The third kappa shape index (κ3) is 3.04. The van der Waals surface area contributed by atoms with Gasteiger partial charge in [0, 0.05) is 11.6 Å². The van der Waals surface area contributed by atoms with Crippen molar-refractivity contribution in [3.8, 4) is 0 Å². The van der Waals surface area contributed by atoms with Crippen LogP contribution < -0.4 is 0 Å². The van der Waals surface area contributed by atoms with E-state index in [2.05, 4.69) is 15.9 Å². The van der Waals surface area contributed by atoms with Crippen LogP contribution in [-0.4, -0.2) is 26.8 Å². The first-order chi connectivity index (χ1) is 7.20. The van der Waals surface area contributed by atoms with Crippen LogP contribution in [0.15, 0.2) is 28.7 Å². The summed E-state index contributed by atoms with van der Waals surface area (Å²) in [6.45, 7) is 0.315. The normalized spacial score (nSPS) is 12.2. The zero-order valence-corrected chi connectivity index (χ0v) is 10.3. The molecule has 0 fully saturated rings. The van der Waals surface area contributed by atoms with Crippen molar-refractivity contribution >= 4 is 21.9 Å². The lowest BCUT2D eigenvalue weighted by Crippen LogP contribution is -2.19. The van der Waals surface area contributed by atoms with E-state index < -0.39 is 0 Å². The molecule has 0 amide bonds. The summed E-state index contributed by atoms with van der Waals surface area (Å²) in [7, 11) is 2.94. The van der Waals surface area contributed by atoms with E-state index >= 15 is 0 Å². The molecule has 0 aliphatic rings. The lowest BCUT2D eigenvalue weighted by atomic mass is 10.0. The SMILES string of the molecule is COCC(C(=O)OC)c1ccccc1Br. The predicted molar refractivity (Wildman–Crippen MR) is 60.8 cm³/mol. The number of carbonyl (C=O) groups is 1. The molecule has 0 spiro atoms. The van der Waals surface area contributed by atoms with E-state index in [0.29, 0.717) is 6.61 Å². The van der Waals surface area contributed by atoms with Crippen molar-refractivity contribution in [1.82, 2.24) is 0 Å². The van der Waals surface area contributed by atoms with Crippen molar-refractivity contribution in [2.45, 2.75) is 5.92 Å². The Balaban J connectivity index is 2.98. The fourth-order valence-electron chi connectivity index (χ4n) is 1.35. The van der Waals surface area contributed by atoms with Crippen LogP contribution in [0.1, 0.15) is 11.5 Å². The van der Waals surface area contributed by atoms with E-state index in [1.54, 1.807) is 7.11 Å². The van der Waals surface area contributed by atoms with Gasteiger partial charge in [0.25, 0.3) is 0 Å². The molecule has 1 atom stereocenters. The first kappa shape index (κ1) is 12.2. The van der Waals surface area contributed by atoms with Crippen molar-refractivity contribution in [2.24, 2.45) is 0 Å². The van der Waals surface area contributed by atoms with Gasteiger partial charge >= 0.3 is 5.97 Å². The zero-order chi connectivity index (χ0) is 11.3. The molecule has 1 unspecified atom stereocenters. The number of ether oxygens (including phenoxy) is 2. The van der Waals surface area contributed by atoms with Gasteiger partial charge in [0.2, 0.25) is 0 Å². The minimum Gasteiger partial charge on any atom is -0.468 e. The molecule has 82 valence electrons. The Bertz CT molecular complexity index is 338. The summed E-state index contributed by atoms with van der Waals surface area (Å²) in [5, 5.41) is 0. The smallest absolute Gasteiger partial charge is 0.315 e. The number of halogens is 1. The lowest BCUT2D eigenvalue weighted by Gasteiger charge is -2.15. The monoisotopic (exact) mass is 272 g/mol. The topological polar surface area (TPSA) is 35.5 Å². The van der Waals surface area contributed by atoms with Gasteiger partial charge in [-0.1, -0.05) is 34.1 Å². The van der Waals surface area contributed by atoms with Crippen molar-refractivity contribution < 1.29 is 14.3 Å². The quantitative estimate of drug-likeness (QED) is 0.790. The van der Waals surface area contributed by atoms with Crippen LogP contribution in [-0.2, 0) is 14.3 Å². The molecule has 4 heteroatoms. The van der Waals surface area contributed by atoms with E-state index in [-0.39, 0.29) is 11.9 Å². The van der Waals surface area contributed by atoms with Crippen LogP contribution in [0, 0.1) is 0 Å². The van der Waals surface area contributed by atoms with Gasteiger partial charge in [0.05, 0.1) is 13.7 Å². The van der Waals surface area contributed by atoms with E-state index in [9.17, 15) is 4.79 Å². The second kappa shape index (κ2) is 5.88. The standard InChI is InChI=1S/C11H13BrO3/c1-14-7-9(11(13)15-2)8-5-3-4-6-10(8)12/h3-6,9H,7H2,1-2H3. The maximum absolute atomic E-state index is 11.5. The highest BCUT2D eigenvalue weighted by atomic mass is 79.9. The van der Waals surface area contributed by atoms with Gasteiger partial charge in [-0.25, -0.2) is 0 Å². The summed E-state index contributed by atoms with van der Waals surface area (Å²) in [6, 6.07) is 7.55. The highest BCUT2D eigenvalue weighted by Gasteiger charge is 2.22. The van der Waals surface area contributed by atoms with Gasteiger partial charge < -0.3 is 9.47 Å². The first-order valence-electron chi connectivity index (χ1n) is 4.52. The molecular formula is C11H13BrO3. The molecule has 1 aromatic rings. The van der Waals surface area contributed by atoms with Crippen LogP contribution in [0.25, 0.3) is 0 Å². The summed E-state index contributed by atoms with van der Waals surface area (Å²) in [6.07, 6.45) is 0. The minimum atomic E-state index is -0.379. The number of benzene rings is 1. The molecule has 0 aliphatic heterocycles. The Morgan fingerprint density at radius 1 is 1.40 bits per heavy atom. The lowest BCUT2D eigenvalue weighted by molar-refractivity contribution is -0.143. The second-order valence-corrected chi connectivity index (χ2v) is 3.91. The molecular weight excluding hydrogens is 260 g/mol. The molecule has 0 radical (unpaired) electrons. The highest BCUT2D eigenvalue weighted by Crippen LogP contribution is 2.25. The molecule has 15 heavy (non-hydrogen) atoms. The number of carbonyl (C=O) groups excluding carboxylic acids is 1. The van der Waals surface area contributed by atoms with Crippen molar-refractivity contribution in [1.29, 1.82) is 0 Å². The van der Waals surface area contributed by atoms with E-state index in [4.69, 9.17) is 9.47 Å². The van der Waals surface area contributed by atoms with Crippen LogP contribution >= 0.6 is 15.9 Å². The van der Waals surface area contributed by atoms with Gasteiger partial charge in [0.1, 0.15) is 5.92 Å². The Morgan fingerprint density at radius 3 is 2.60 bits per heavy atom. The van der Waals surface area contributed by atoms with Gasteiger partial charge in [-0.2, -0.15) is 0 Å². The predicted octanol–water partition coefficient (Wildman–Crippen LogP) is 2.35. The Kier molecular flexibility index (Phi) is 4.78. The zero-order valence-electron chi connectivity index (χ0n) is 8.70. The second-order valence-electron chi connectivity index (χ2n) is 3.05. The fraction of sp³-hybridized carbons (Fsp3) is 0.364. The van der Waals surface area contributed by atoms with E-state index in [1.807, 2.05) is 24.3 Å². The summed E-state index contributed by atoms with van der Waals surface area (Å²) in [5.74, 6) is -0.667. The third-order valence-corrected chi connectivity index (χ3v) is 2.82. The van der Waals surface area contributed by atoms with E-state index in [0.717, 1.165) is 10.0 Å². The molecule has 1 rings (SSSR count). The van der Waals surface area contributed by atoms with Gasteiger partial charge in [0.15, 0.2) is 0 Å². The molecule has 0 N–H and O–H groups in total. The molecule has 0 aliphatic carbocycles. The molecule has 0 bridgehead atoms. The molecule has 0 saturated carbocycles. The van der Waals surface area contributed by atoms with Crippen LogP contribution in [0.5, 0.6) is 0 Å². The highest BCUT2D eigenvalue weighted by molar-refractivity contribution is 9.10. The average Bonchev–Trinajstić information content (AvgIpc) is 2.26. The number of hydrogen-bond acceptors (Lipinski definition) is 3. The van der Waals surface area contributed by atoms with Crippen LogP contribution in [0.3, 0.4) is 0 Å². The number of hydrogen-bond donors (Lipinski definition) is 0.